The van der Waals surface area contributed by atoms with Crippen molar-refractivity contribution in [2.75, 3.05) is 5.33 Å². The highest BCUT2D eigenvalue weighted by atomic mass is 79.9. The van der Waals surface area contributed by atoms with Gasteiger partial charge in [0.05, 0.1) is 0 Å². The Morgan fingerprint density at radius 3 is 1.96 bits per heavy atom. The Labute approximate surface area is 153 Å². The molecular formula is C20H39BrO2. The Kier molecular flexibility index (Phi) is 18.3. The van der Waals surface area contributed by atoms with E-state index in [9.17, 15) is 4.79 Å². The lowest BCUT2D eigenvalue weighted by atomic mass is 10.0. The molecule has 0 aliphatic heterocycles. The molecule has 0 aromatic carbocycles. The van der Waals surface area contributed by atoms with E-state index < -0.39 is 0 Å². The van der Waals surface area contributed by atoms with Gasteiger partial charge in [-0.15, -0.1) is 0 Å². The number of halogens is 1. The maximum Gasteiger partial charge on any atom is 0.306 e. The number of carbonyl (C=O) groups is 1. The monoisotopic (exact) mass is 390 g/mol. The molecule has 0 N–H and O–H groups in total. The molecule has 0 aliphatic rings. The minimum atomic E-state index is 0.00613. The van der Waals surface area contributed by atoms with Gasteiger partial charge in [-0.1, -0.05) is 87.6 Å². The Hall–Kier alpha value is -0.0500. The molecule has 2 nitrogen and oxygen atoms in total. The van der Waals surface area contributed by atoms with Crippen molar-refractivity contribution in [3.8, 4) is 0 Å². The Balaban J connectivity index is 3.75. The molecule has 0 aromatic rings. The maximum absolute atomic E-state index is 11.9. The molecule has 0 aromatic heterocycles. The summed E-state index contributed by atoms with van der Waals surface area (Å²) < 4.78 is 5.70. The lowest BCUT2D eigenvalue weighted by molar-refractivity contribution is -0.150. The summed E-state index contributed by atoms with van der Waals surface area (Å²) in [6.45, 7) is 4.46. The van der Waals surface area contributed by atoms with Crippen molar-refractivity contribution >= 4 is 21.9 Å². The Morgan fingerprint density at radius 2 is 1.35 bits per heavy atom. The van der Waals surface area contributed by atoms with Crippen LogP contribution in [-0.2, 0) is 9.53 Å². The maximum atomic E-state index is 11.9. The third-order valence-electron chi connectivity index (χ3n) is 4.32. The number of esters is 1. The first-order valence-electron chi connectivity index (χ1n) is 10.00. The summed E-state index contributed by atoms with van der Waals surface area (Å²) in [7, 11) is 0. The van der Waals surface area contributed by atoms with Crippen LogP contribution < -0.4 is 0 Å². The fourth-order valence-electron chi connectivity index (χ4n) is 2.81. The predicted octanol–water partition coefficient (Wildman–Crippen LogP) is 7.18. The number of hydrogen-bond donors (Lipinski definition) is 0. The lowest BCUT2D eigenvalue weighted by Gasteiger charge is -2.18. The minimum absolute atomic E-state index is 0.00613. The number of hydrogen-bond acceptors (Lipinski definition) is 2. The fourth-order valence-corrected chi connectivity index (χ4v) is 3.21. The van der Waals surface area contributed by atoms with Crippen molar-refractivity contribution < 1.29 is 9.53 Å². The normalized spacial score (nSPS) is 12.3. The summed E-state index contributed by atoms with van der Waals surface area (Å²) in [5, 5.41) is 0.970. The number of alkyl halides is 1. The van der Waals surface area contributed by atoms with E-state index in [1.54, 1.807) is 0 Å². The molecule has 0 saturated heterocycles. The van der Waals surface area contributed by atoms with Crippen LogP contribution in [0.2, 0.25) is 0 Å². The minimum Gasteiger partial charge on any atom is -0.462 e. The second kappa shape index (κ2) is 18.3. The quantitative estimate of drug-likeness (QED) is 0.149. The number of rotatable bonds is 17. The van der Waals surface area contributed by atoms with Gasteiger partial charge in [0.15, 0.2) is 0 Å². The van der Waals surface area contributed by atoms with Gasteiger partial charge >= 0.3 is 5.97 Å². The molecule has 23 heavy (non-hydrogen) atoms. The van der Waals surface area contributed by atoms with E-state index in [2.05, 4.69) is 29.8 Å². The van der Waals surface area contributed by atoms with Gasteiger partial charge in [-0.25, -0.2) is 0 Å². The molecule has 0 amide bonds. The van der Waals surface area contributed by atoms with Crippen LogP contribution in [0.1, 0.15) is 110 Å². The third-order valence-corrected chi connectivity index (χ3v) is 4.88. The van der Waals surface area contributed by atoms with Crippen LogP contribution in [0.15, 0.2) is 0 Å². The first-order chi connectivity index (χ1) is 11.2. The highest BCUT2D eigenvalue weighted by Gasteiger charge is 2.13. The van der Waals surface area contributed by atoms with E-state index in [1.165, 1.54) is 57.8 Å². The number of unbranched alkanes of at least 4 members (excludes halogenated alkanes) is 9. The molecular weight excluding hydrogens is 352 g/mol. The van der Waals surface area contributed by atoms with Crippen molar-refractivity contribution in [1.82, 2.24) is 0 Å². The van der Waals surface area contributed by atoms with Crippen LogP contribution in [0.5, 0.6) is 0 Å². The first kappa shape index (κ1) is 22.9. The highest BCUT2D eigenvalue weighted by Crippen LogP contribution is 2.16. The number of ether oxygens (including phenoxy) is 1. The van der Waals surface area contributed by atoms with Gasteiger partial charge in [-0.3, -0.25) is 4.79 Å². The zero-order valence-electron chi connectivity index (χ0n) is 15.6. The van der Waals surface area contributed by atoms with Crippen molar-refractivity contribution in [2.45, 2.75) is 116 Å². The van der Waals surface area contributed by atoms with Crippen LogP contribution in [0.3, 0.4) is 0 Å². The Morgan fingerprint density at radius 1 is 0.783 bits per heavy atom. The molecule has 1 unspecified atom stereocenters. The standard InChI is InChI=1S/C20H39BrO2/c1-3-5-7-8-9-10-11-12-16-19(15-6-4-2)23-20(22)17-13-14-18-21/h19H,3-18H2,1-2H3. The summed E-state index contributed by atoms with van der Waals surface area (Å²) in [6, 6.07) is 0. The van der Waals surface area contributed by atoms with E-state index in [0.717, 1.165) is 37.4 Å². The van der Waals surface area contributed by atoms with Gasteiger partial charge in [0, 0.05) is 11.8 Å². The van der Waals surface area contributed by atoms with Gasteiger partial charge in [-0.2, -0.15) is 0 Å². The smallest absolute Gasteiger partial charge is 0.306 e. The van der Waals surface area contributed by atoms with Gasteiger partial charge in [-0.05, 0) is 32.1 Å². The molecule has 0 spiro atoms. The second-order valence-electron chi connectivity index (χ2n) is 6.66. The molecule has 0 rings (SSSR count). The van der Waals surface area contributed by atoms with E-state index in [1.807, 2.05) is 0 Å². The zero-order chi connectivity index (χ0) is 17.2. The molecule has 0 saturated carbocycles. The van der Waals surface area contributed by atoms with Gasteiger partial charge in [0.1, 0.15) is 6.10 Å². The average Bonchev–Trinajstić information content (AvgIpc) is 2.55. The molecule has 3 heteroatoms. The highest BCUT2D eigenvalue weighted by molar-refractivity contribution is 9.09. The number of carbonyl (C=O) groups excluding carboxylic acids is 1. The summed E-state index contributed by atoms with van der Waals surface area (Å²) >= 11 is 3.40. The summed E-state index contributed by atoms with van der Waals surface area (Å²) in [5.74, 6) is 0.00613. The van der Waals surface area contributed by atoms with E-state index in [0.29, 0.717) is 6.42 Å². The van der Waals surface area contributed by atoms with Crippen molar-refractivity contribution in [1.29, 1.82) is 0 Å². The summed E-state index contributed by atoms with van der Waals surface area (Å²) in [4.78, 5) is 11.9. The third kappa shape index (κ3) is 16.6. The summed E-state index contributed by atoms with van der Waals surface area (Å²) in [6.07, 6.45) is 17.8. The molecule has 0 aliphatic carbocycles. The van der Waals surface area contributed by atoms with Crippen molar-refractivity contribution in [3.05, 3.63) is 0 Å². The van der Waals surface area contributed by atoms with Crippen LogP contribution in [0, 0.1) is 0 Å². The lowest BCUT2D eigenvalue weighted by Crippen LogP contribution is -2.18. The average molecular weight is 391 g/mol. The zero-order valence-corrected chi connectivity index (χ0v) is 17.2. The van der Waals surface area contributed by atoms with E-state index in [4.69, 9.17) is 4.74 Å². The van der Waals surface area contributed by atoms with E-state index in [-0.39, 0.29) is 12.1 Å². The van der Waals surface area contributed by atoms with Crippen molar-refractivity contribution in [3.63, 3.8) is 0 Å². The first-order valence-corrected chi connectivity index (χ1v) is 11.1. The SMILES string of the molecule is CCCCCCCCCCC(CCCC)OC(=O)CCCCBr. The predicted molar refractivity (Wildman–Crippen MR) is 104 cm³/mol. The molecule has 0 heterocycles. The molecule has 0 bridgehead atoms. The van der Waals surface area contributed by atoms with Crippen LogP contribution >= 0.6 is 15.9 Å². The van der Waals surface area contributed by atoms with Crippen LogP contribution in [-0.4, -0.2) is 17.4 Å². The second-order valence-corrected chi connectivity index (χ2v) is 7.46. The van der Waals surface area contributed by atoms with Gasteiger partial charge in [0.2, 0.25) is 0 Å². The molecule has 1 atom stereocenters. The largest absolute Gasteiger partial charge is 0.462 e. The summed E-state index contributed by atoms with van der Waals surface area (Å²) in [5.41, 5.74) is 0. The molecule has 0 fully saturated rings. The van der Waals surface area contributed by atoms with Gasteiger partial charge in [0.25, 0.3) is 0 Å². The Bertz CT molecular complexity index is 256. The van der Waals surface area contributed by atoms with Gasteiger partial charge < -0.3 is 4.74 Å². The van der Waals surface area contributed by atoms with Crippen molar-refractivity contribution in [2.24, 2.45) is 0 Å². The van der Waals surface area contributed by atoms with Crippen LogP contribution in [0.4, 0.5) is 0 Å². The molecule has 0 radical (unpaired) electrons. The fraction of sp³-hybridized carbons (Fsp3) is 0.950. The topological polar surface area (TPSA) is 26.3 Å². The van der Waals surface area contributed by atoms with E-state index >= 15 is 0 Å². The van der Waals surface area contributed by atoms with Crippen LogP contribution in [0.25, 0.3) is 0 Å². The molecule has 138 valence electrons.